The molecule has 0 unspecified atom stereocenters. The van der Waals surface area contributed by atoms with Crippen molar-refractivity contribution in [1.82, 2.24) is 4.98 Å². The van der Waals surface area contributed by atoms with Crippen molar-refractivity contribution in [1.29, 1.82) is 0 Å². The summed E-state index contributed by atoms with van der Waals surface area (Å²) in [5, 5.41) is 6.41. The summed E-state index contributed by atoms with van der Waals surface area (Å²) >= 11 is 0. The Labute approximate surface area is 161 Å². The van der Waals surface area contributed by atoms with Gasteiger partial charge in [0.1, 0.15) is 5.75 Å². The third-order valence-corrected chi connectivity index (χ3v) is 4.24. The van der Waals surface area contributed by atoms with E-state index in [9.17, 15) is 4.79 Å². The third kappa shape index (κ3) is 3.76. The van der Waals surface area contributed by atoms with Gasteiger partial charge in [-0.05, 0) is 42.0 Å². The molecule has 0 saturated carbocycles. The fourth-order valence-corrected chi connectivity index (χ4v) is 2.94. The maximum absolute atomic E-state index is 10.8. The number of carbonyl (C=O) groups is 1. The van der Waals surface area contributed by atoms with Crippen molar-refractivity contribution in [2.24, 2.45) is 10.8 Å². The number of ether oxygens (including phenoxy) is 1. The van der Waals surface area contributed by atoms with Gasteiger partial charge in [-0.3, -0.25) is 10.2 Å². The molecule has 3 aromatic carbocycles. The van der Waals surface area contributed by atoms with Crippen LogP contribution in [0, 0.1) is 0 Å². The SMILES string of the molecule is NC(=O)COc1ccc(/C=N/Nc2c3ccccc3nc3ccccc23)cc1. The molecule has 0 spiro atoms. The smallest absolute Gasteiger partial charge is 0.255 e. The van der Waals surface area contributed by atoms with Crippen molar-refractivity contribution in [3.05, 3.63) is 78.4 Å². The number of fused-ring (bicyclic) bond motifs is 2. The number of anilines is 1. The number of hydrogen-bond donors (Lipinski definition) is 2. The molecule has 0 fully saturated rings. The van der Waals surface area contributed by atoms with Crippen LogP contribution < -0.4 is 15.9 Å². The minimum Gasteiger partial charge on any atom is -0.484 e. The molecule has 1 amide bonds. The van der Waals surface area contributed by atoms with E-state index in [1.165, 1.54) is 0 Å². The zero-order valence-corrected chi connectivity index (χ0v) is 15.0. The number of aromatic nitrogens is 1. The van der Waals surface area contributed by atoms with Crippen molar-refractivity contribution < 1.29 is 9.53 Å². The number of pyridine rings is 1. The number of nitrogens with two attached hydrogens (primary N) is 1. The summed E-state index contributed by atoms with van der Waals surface area (Å²) in [4.78, 5) is 15.5. The zero-order chi connectivity index (χ0) is 19.3. The highest BCUT2D eigenvalue weighted by atomic mass is 16.5. The molecule has 0 saturated heterocycles. The van der Waals surface area contributed by atoms with Crippen molar-refractivity contribution >= 4 is 39.6 Å². The zero-order valence-electron chi connectivity index (χ0n) is 15.0. The lowest BCUT2D eigenvalue weighted by atomic mass is 10.1. The fourth-order valence-electron chi connectivity index (χ4n) is 2.94. The molecule has 4 aromatic rings. The van der Waals surface area contributed by atoms with Gasteiger partial charge in [0.05, 0.1) is 22.9 Å². The Balaban J connectivity index is 1.59. The van der Waals surface area contributed by atoms with Crippen molar-refractivity contribution in [2.75, 3.05) is 12.0 Å². The summed E-state index contributed by atoms with van der Waals surface area (Å²) in [6, 6.07) is 23.2. The maximum atomic E-state index is 10.8. The Morgan fingerprint density at radius 3 is 2.18 bits per heavy atom. The van der Waals surface area contributed by atoms with Crippen molar-refractivity contribution in [2.45, 2.75) is 0 Å². The third-order valence-electron chi connectivity index (χ3n) is 4.24. The van der Waals surface area contributed by atoms with E-state index in [0.717, 1.165) is 33.1 Å². The number of para-hydroxylation sites is 2. The largest absolute Gasteiger partial charge is 0.484 e. The van der Waals surface area contributed by atoms with Gasteiger partial charge >= 0.3 is 0 Å². The summed E-state index contributed by atoms with van der Waals surface area (Å²) in [5.41, 5.74) is 11.9. The molecule has 0 radical (unpaired) electrons. The lowest BCUT2D eigenvalue weighted by molar-refractivity contribution is -0.119. The summed E-state index contributed by atoms with van der Waals surface area (Å²) in [6.45, 7) is -0.142. The fraction of sp³-hybridized carbons (Fsp3) is 0.0455. The number of amides is 1. The van der Waals surface area contributed by atoms with Gasteiger partial charge in [0, 0.05) is 10.8 Å². The average Bonchev–Trinajstić information content (AvgIpc) is 2.72. The van der Waals surface area contributed by atoms with Crippen LogP contribution in [0.2, 0.25) is 0 Å². The molecule has 6 nitrogen and oxygen atoms in total. The highest BCUT2D eigenvalue weighted by Crippen LogP contribution is 2.30. The Morgan fingerprint density at radius 2 is 1.57 bits per heavy atom. The summed E-state index contributed by atoms with van der Waals surface area (Å²) in [7, 11) is 0. The maximum Gasteiger partial charge on any atom is 0.255 e. The van der Waals surface area contributed by atoms with E-state index in [2.05, 4.69) is 10.5 Å². The van der Waals surface area contributed by atoms with Gasteiger partial charge in [0.25, 0.3) is 5.91 Å². The highest BCUT2D eigenvalue weighted by Gasteiger charge is 2.07. The molecule has 4 rings (SSSR count). The molecule has 0 bridgehead atoms. The summed E-state index contributed by atoms with van der Waals surface area (Å²) in [5.74, 6) is 0.0710. The van der Waals surface area contributed by atoms with E-state index in [1.54, 1.807) is 18.3 Å². The van der Waals surface area contributed by atoms with Crippen LogP contribution in [0.1, 0.15) is 5.56 Å². The Hall–Kier alpha value is -3.93. The number of nitrogens with one attached hydrogen (secondary N) is 1. The Kier molecular flexibility index (Phi) is 4.84. The van der Waals surface area contributed by atoms with Crippen LogP contribution in [-0.4, -0.2) is 23.7 Å². The molecule has 138 valence electrons. The van der Waals surface area contributed by atoms with Crippen LogP contribution in [0.4, 0.5) is 5.69 Å². The van der Waals surface area contributed by atoms with Crippen molar-refractivity contribution in [3.63, 3.8) is 0 Å². The minimum absolute atomic E-state index is 0.142. The van der Waals surface area contributed by atoms with E-state index < -0.39 is 5.91 Å². The molecule has 0 aliphatic heterocycles. The monoisotopic (exact) mass is 370 g/mol. The summed E-state index contributed by atoms with van der Waals surface area (Å²) in [6.07, 6.45) is 1.72. The average molecular weight is 370 g/mol. The standard InChI is InChI=1S/C22H18N4O2/c23-21(27)14-28-16-11-9-15(10-12-16)13-24-26-22-17-5-1-3-7-19(17)25-20-8-4-2-6-18(20)22/h1-13H,14H2,(H2,23,27)(H,25,26)/b24-13+. The number of hydrazone groups is 1. The quantitative estimate of drug-likeness (QED) is 0.308. The second-order valence-electron chi connectivity index (χ2n) is 6.22. The first-order valence-electron chi connectivity index (χ1n) is 8.78. The van der Waals surface area contributed by atoms with Gasteiger partial charge in [-0.25, -0.2) is 4.98 Å². The number of benzene rings is 3. The van der Waals surface area contributed by atoms with Crippen molar-refractivity contribution in [3.8, 4) is 5.75 Å². The molecule has 6 heteroatoms. The van der Waals surface area contributed by atoms with Crippen LogP contribution >= 0.6 is 0 Å². The highest BCUT2D eigenvalue weighted by molar-refractivity contribution is 6.07. The predicted molar refractivity (Wildman–Crippen MR) is 112 cm³/mol. The number of carbonyl (C=O) groups excluding carboxylic acids is 1. The second-order valence-corrected chi connectivity index (χ2v) is 6.22. The molecule has 0 aliphatic carbocycles. The Bertz CT molecular complexity index is 1120. The number of nitrogens with zero attached hydrogens (tertiary/aromatic N) is 2. The van der Waals surface area contributed by atoms with E-state index in [-0.39, 0.29) is 6.61 Å². The van der Waals surface area contributed by atoms with Gasteiger partial charge in [0.2, 0.25) is 0 Å². The van der Waals surface area contributed by atoms with Crippen LogP contribution in [0.15, 0.2) is 77.9 Å². The first kappa shape index (κ1) is 17.5. The van der Waals surface area contributed by atoms with E-state index in [0.29, 0.717) is 5.75 Å². The lowest BCUT2D eigenvalue weighted by Gasteiger charge is -2.10. The molecule has 1 aromatic heterocycles. The predicted octanol–water partition coefficient (Wildman–Crippen LogP) is 3.70. The molecule has 3 N–H and O–H groups in total. The first-order chi connectivity index (χ1) is 13.7. The van der Waals surface area contributed by atoms with Crippen LogP contribution in [0.25, 0.3) is 21.8 Å². The Morgan fingerprint density at radius 1 is 0.964 bits per heavy atom. The van der Waals surface area contributed by atoms with Crippen LogP contribution in [0.5, 0.6) is 5.75 Å². The topological polar surface area (TPSA) is 89.6 Å². The molecule has 1 heterocycles. The van der Waals surface area contributed by atoms with E-state index in [1.807, 2.05) is 60.7 Å². The van der Waals surface area contributed by atoms with Gasteiger partial charge < -0.3 is 10.5 Å². The molecular formula is C22H18N4O2. The summed E-state index contributed by atoms with van der Waals surface area (Å²) < 4.78 is 5.25. The second kappa shape index (κ2) is 7.75. The van der Waals surface area contributed by atoms with Crippen LogP contribution in [-0.2, 0) is 4.79 Å². The van der Waals surface area contributed by atoms with Gasteiger partial charge in [-0.15, -0.1) is 0 Å². The normalized spacial score (nSPS) is 11.1. The molecular weight excluding hydrogens is 352 g/mol. The molecule has 0 atom stereocenters. The number of primary amides is 1. The van der Waals surface area contributed by atoms with Gasteiger partial charge in [-0.1, -0.05) is 36.4 Å². The van der Waals surface area contributed by atoms with E-state index in [4.69, 9.17) is 15.5 Å². The van der Waals surface area contributed by atoms with E-state index >= 15 is 0 Å². The molecule has 28 heavy (non-hydrogen) atoms. The number of hydrogen-bond acceptors (Lipinski definition) is 5. The molecule has 0 aliphatic rings. The minimum atomic E-state index is -0.508. The first-order valence-corrected chi connectivity index (χ1v) is 8.78. The number of rotatable bonds is 6. The van der Waals surface area contributed by atoms with Crippen LogP contribution in [0.3, 0.4) is 0 Å². The van der Waals surface area contributed by atoms with Gasteiger partial charge in [-0.2, -0.15) is 5.10 Å². The lowest BCUT2D eigenvalue weighted by Crippen LogP contribution is -2.19. The van der Waals surface area contributed by atoms with Gasteiger partial charge in [0.15, 0.2) is 6.61 Å².